The zero-order chi connectivity index (χ0) is 18.4. The van der Waals surface area contributed by atoms with Crippen molar-refractivity contribution >= 4 is 17.7 Å². The summed E-state index contributed by atoms with van der Waals surface area (Å²) in [6.45, 7) is 4.94. The first-order valence-electron chi connectivity index (χ1n) is 8.88. The van der Waals surface area contributed by atoms with E-state index in [0.717, 1.165) is 12.0 Å². The van der Waals surface area contributed by atoms with Crippen LogP contribution in [0, 0.1) is 11.8 Å². The topological polar surface area (TPSA) is 92.5 Å². The normalized spacial score (nSPS) is 17.6. The largest absolute Gasteiger partial charge is 0.352 e. The molecule has 0 radical (unpaired) electrons. The Morgan fingerprint density at radius 1 is 1.20 bits per heavy atom. The predicted molar refractivity (Wildman–Crippen MR) is 96.0 cm³/mol. The lowest BCUT2D eigenvalue weighted by Gasteiger charge is -2.35. The molecule has 1 saturated heterocycles. The Morgan fingerprint density at radius 2 is 1.80 bits per heavy atom. The number of piperidine rings is 1. The monoisotopic (exact) mass is 345 g/mol. The fraction of sp³-hybridized carbons (Fsp3) is 0.526. The summed E-state index contributed by atoms with van der Waals surface area (Å²) in [6.07, 6.45) is 2.05. The van der Waals surface area contributed by atoms with E-state index < -0.39 is 12.1 Å². The van der Waals surface area contributed by atoms with E-state index in [1.807, 2.05) is 44.2 Å². The molecule has 0 unspecified atom stereocenters. The van der Waals surface area contributed by atoms with E-state index in [2.05, 4.69) is 5.32 Å². The van der Waals surface area contributed by atoms with E-state index in [1.54, 1.807) is 4.90 Å². The first-order chi connectivity index (χ1) is 11.9. The van der Waals surface area contributed by atoms with Crippen LogP contribution >= 0.6 is 0 Å². The minimum atomic E-state index is -0.687. The number of benzene rings is 1. The van der Waals surface area contributed by atoms with Gasteiger partial charge in [0.1, 0.15) is 6.04 Å². The second-order valence-corrected chi connectivity index (χ2v) is 6.70. The predicted octanol–water partition coefficient (Wildman–Crippen LogP) is 2.19. The summed E-state index contributed by atoms with van der Waals surface area (Å²) in [5.74, 6) is -0.0264. The highest BCUT2D eigenvalue weighted by molar-refractivity contribution is 5.98. The zero-order valence-corrected chi connectivity index (χ0v) is 14.9. The second-order valence-electron chi connectivity index (χ2n) is 6.70. The van der Waals surface area contributed by atoms with Gasteiger partial charge in [-0.15, -0.1) is 0 Å². The van der Waals surface area contributed by atoms with Gasteiger partial charge in [0, 0.05) is 24.6 Å². The van der Waals surface area contributed by atoms with Gasteiger partial charge in [-0.25, -0.2) is 4.79 Å². The number of hydrogen-bond donors (Lipinski definition) is 2. The van der Waals surface area contributed by atoms with E-state index in [0.29, 0.717) is 25.9 Å². The number of carbonyl (C=O) groups is 3. The summed E-state index contributed by atoms with van der Waals surface area (Å²) in [5.41, 5.74) is 5.94. The average Bonchev–Trinajstić information content (AvgIpc) is 2.65. The molecule has 1 aromatic rings. The van der Waals surface area contributed by atoms with Gasteiger partial charge in [0.25, 0.3) is 0 Å². The molecule has 6 nitrogen and oxygen atoms in total. The summed E-state index contributed by atoms with van der Waals surface area (Å²) in [5, 5.41) is 2.57. The van der Waals surface area contributed by atoms with Crippen molar-refractivity contribution in [3.05, 3.63) is 35.9 Å². The molecule has 3 amide bonds. The van der Waals surface area contributed by atoms with Gasteiger partial charge in [0.15, 0.2) is 5.78 Å². The number of primary amides is 1. The molecule has 1 aromatic carbocycles. The Labute approximate surface area is 148 Å². The molecule has 1 aliphatic heterocycles. The average molecular weight is 345 g/mol. The molecule has 0 spiro atoms. The maximum Gasteiger partial charge on any atom is 0.312 e. The number of carbonyl (C=O) groups excluding carboxylic acids is 3. The van der Waals surface area contributed by atoms with Gasteiger partial charge in [-0.05, 0) is 18.8 Å². The number of ketones is 1. The van der Waals surface area contributed by atoms with Crippen LogP contribution in [-0.2, 0) is 4.79 Å². The van der Waals surface area contributed by atoms with Crippen molar-refractivity contribution in [2.45, 2.75) is 39.2 Å². The van der Waals surface area contributed by atoms with Crippen LogP contribution in [0.3, 0.4) is 0 Å². The van der Waals surface area contributed by atoms with Gasteiger partial charge < -0.3 is 16.0 Å². The minimum Gasteiger partial charge on any atom is -0.352 e. The molecule has 1 aliphatic rings. The molecule has 3 N–H and O–H groups in total. The van der Waals surface area contributed by atoms with Gasteiger partial charge in [-0.2, -0.15) is 0 Å². The van der Waals surface area contributed by atoms with E-state index in [1.165, 1.54) is 0 Å². The van der Waals surface area contributed by atoms with Crippen molar-refractivity contribution in [2.24, 2.45) is 17.6 Å². The van der Waals surface area contributed by atoms with Crippen molar-refractivity contribution in [3.63, 3.8) is 0 Å². The number of nitrogens with two attached hydrogens (primary N) is 1. The molecule has 6 heteroatoms. The maximum atomic E-state index is 12.8. The third kappa shape index (κ3) is 4.81. The fourth-order valence-corrected chi connectivity index (χ4v) is 3.23. The summed E-state index contributed by atoms with van der Waals surface area (Å²) < 4.78 is 0. The maximum absolute atomic E-state index is 12.8. The molecule has 0 aromatic heterocycles. The molecule has 0 aliphatic carbocycles. The number of urea groups is 1. The Kier molecular flexibility index (Phi) is 6.56. The molecule has 136 valence electrons. The van der Waals surface area contributed by atoms with Crippen LogP contribution in [0.1, 0.15) is 43.5 Å². The Hall–Kier alpha value is -2.37. The van der Waals surface area contributed by atoms with E-state index in [4.69, 9.17) is 5.73 Å². The van der Waals surface area contributed by atoms with Crippen molar-refractivity contribution in [1.82, 2.24) is 10.2 Å². The summed E-state index contributed by atoms with van der Waals surface area (Å²) in [6, 6.07) is 7.97. The highest BCUT2D eigenvalue weighted by Crippen LogP contribution is 2.23. The first kappa shape index (κ1) is 19.0. The Bertz CT molecular complexity index is 610. The summed E-state index contributed by atoms with van der Waals surface area (Å²) in [7, 11) is 0. The van der Waals surface area contributed by atoms with Crippen molar-refractivity contribution in [3.8, 4) is 0 Å². The van der Waals surface area contributed by atoms with Crippen LogP contribution in [-0.4, -0.2) is 41.8 Å². The van der Waals surface area contributed by atoms with Crippen molar-refractivity contribution in [2.75, 3.05) is 13.1 Å². The fourth-order valence-electron chi connectivity index (χ4n) is 3.23. The van der Waals surface area contributed by atoms with Crippen LogP contribution in [0.2, 0.25) is 0 Å². The van der Waals surface area contributed by atoms with E-state index in [-0.39, 0.29) is 23.5 Å². The number of Topliss-reactive ketones (excluding diaryl/α,β-unsaturated/α-hetero) is 1. The quantitative estimate of drug-likeness (QED) is 0.774. The minimum absolute atomic E-state index is 0.00340. The smallest absolute Gasteiger partial charge is 0.312 e. The number of likely N-dealkylation sites (tertiary alicyclic amines) is 1. The van der Waals surface area contributed by atoms with Gasteiger partial charge in [0.05, 0.1) is 0 Å². The van der Waals surface area contributed by atoms with E-state index in [9.17, 15) is 14.4 Å². The van der Waals surface area contributed by atoms with Crippen LogP contribution in [0.25, 0.3) is 0 Å². The Morgan fingerprint density at radius 3 is 2.32 bits per heavy atom. The number of nitrogens with zero attached hydrogens (tertiary/aromatic N) is 1. The number of amides is 3. The SMILES string of the molecule is CC[C@H](C)[C@H](NC(N)=O)C(=O)N1CCC(C(=O)c2ccccc2)CC1. The van der Waals surface area contributed by atoms with Gasteiger partial charge in [-0.1, -0.05) is 50.6 Å². The lowest BCUT2D eigenvalue weighted by atomic mass is 9.88. The molecule has 1 fully saturated rings. The molecule has 25 heavy (non-hydrogen) atoms. The van der Waals surface area contributed by atoms with Crippen molar-refractivity contribution in [1.29, 1.82) is 0 Å². The molecule has 0 bridgehead atoms. The standard InChI is InChI=1S/C19H27N3O3/c1-3-13(2)16(21-19(20)25)18(24)22-11-9-15(10-12-22)17(23)14-7-5-4-6-8-14/h4-8,13,15-16H,3,9-12H2,1-2H3,(H3,20,21,25)/t13-,16-/m0/s1. The van der Waals surface area contributed by atoms with Gasteiger partial charge >= 0.3 is 6.03 Å². The van der Waals surface area contributed by atoms with Crippen molar-refractivity contribution < 1.29 is 14.4 Å². The molecule has 0 saturated carbocycles. The third-order valence-corrected chi connectivity index (χ3v) is 5.01. The van der Waals surface area contributed by atoms with Crippen LogP contribution < -0.4 is 11.1 Å². The lowest BCUT2D eigenvalue weighted by Crippen LogP contribution is -2.54. The molecule has 2 atom stereocenters. The van der Waals surface area contributed by atoms with Gasteiger partial charge in [0.2, 0.25) is 5.91 Å². The lowest BCUT2D eigenvalue weighted by molar-refractivity contribution is -0.135. The molecular formula is C19H27N3O3. The molecule has 1 heterocycles. The van der Waals surface area contributed by atoms with Crippen LogP contribution in [0.15, 0.2) is 30.3 Å². The molecular weight excluding hydrogens is 318 g/mol. The highest BCUT2D eigenvalue weighted by atomic mass is 16.2. The van der Waals surface area contributed by atoms with E-state index >= 15 is 0 Å². The number of rotatable bonds is 6. The Balaban J connectivity index is 1.97. The second kappa shape index (κ2) is 8.65. The first-order valence-corrected chi connectivity index (χ1v) is 8.88. The third-order valence-electron chi connectivity index (χ3n) is 5.01. The van der Waals surface area contributed by atoms with Crippen LogP contribution in [0.4, 0.5) is 4.79 Å². The summed E-state index contributed by atoms with van der Waals surface area (Å²) in [4.78, 5) is 38.2. The number of hydrogen-bond acceptors (Lipinski definition) is 3. The zero-order valence-electron chi connectivity index (χ0n) is 14.9. The summed E-state index contributed by atoms with van der Waals surface area (Å²) >= 11 is 0. The van der Waals surface area contributed by atoms with Gasteiger partial charge in [-0.3, -0.25) is 9.59 Å². The highest BCUT2D eigenvalue weighted by Gasteiger charge is 2.33. The molecule has 2 rings (SSSR count). The van der Waals surface area contributed by atoms with Crippen LogP contribution in [0.5, 0.6) is 0 Å². The number of nitrogens with one attached hydrogen (secondary N) is 1.